The minimum absolute atomic E-state index is 0.0336. The van der Waals surface area contributed by atoms with Crippen molar-refractivity contribution in [2.24, 2.45) is 0 Å². The first-order chi connectivity index (χ1) is 21.2. The highest BCUT2D eigenvalue weighted by Crippen LogP contribution is 2.33. The number of hydrogen-bond donors (Lipinski definition) is 1. The van der Waals surface area contributed by atoms with Crippen LogP contribution in [0.15, 0.2) is 77.7 Å². The molecule has 44 heavy (non-hydrogen) atoms. The number of halogens is 1. The molecular weight excluding hydrogens is 602 g/mol. The van der Waals surface area contributed by atoms with Crippen molar-refractivity contribution in [1.82, 2.24) is 10.2 Å². The van der Waals surface area contributed by atoms with Crippen LogP contribution in [0.25, 0.3) is 0 Å². The molecule has 9 nitrogen and oxygen atoms in total. The molecule has 1 aliphatic rings. The van der Waals surface area contributed by atoms with E-state index < -0.39 is 28.5 Å². The van der Waals surface area contributed by atoms with Crippen LogP contribution in [0.4, 0.5) is 5.69 Å². The number of para-hydroxylation sites is 2. The summed E-state index contributed by atoms with van der Waals surface area (Å²) in [7, 11) is -2.69. The fraction of sp³-hybridized carbons (Fsp3) is 0.394. The molecule has 0 unspecified atom stereocenters. The van der Waals surface area contributed by atoms with Crippen LogP contribution in [0, 0.1) is 0 Å². The number of hydrogen-bond acceptors (Lipinski definition) is 6. The van der Waals surface area contributed by atoms with Crippen LogP contribution in [0.5, 0.6) is 11.5 Å². The van der Waals surface area contributed by atoms with Crippen molar-refractivity contribution in [2.45, 2.75) is 69.5 Å². The molecule has 236 valence electrons. The number of benzene rings is 3. The van der Waals surface area contributed by atoms with Crippen LogP contribution in [0.2, 0.25) is 5.02 Å². The Hall–Kier alpha value is -3.76. The SMILES string of the molecule is CCOc1ccccc1N(CC(=O)N(Cc1ccc(OC)cc1)[C@H](CC)C(=O)NC1CCCC1)S(=O)(=O)c1ccc(Cl)cc1. The minimum atomic E-state index is -4.26. The molecule has 2 amide bonds. The molecule has 0 aromatic heterocycles. The summed E-state index contributed by atoms with van der Waals surface area (Å²) in [5.41, 5.74) is 0.985. The molecule has 3 aromatic rings. The van der Waals surface area contributed by atoms with Crippen LogP contribution in [0.3, 0.4) is 0 Å². The Balaban J connectivity index is 1.75. The zero-order chi connectivity index (χ0) is 31.7. The van der Waals surface area contributed by atoms with E-state index in [-0.39, 0.29) is 29.1 Å². The maximum Gasteiger partial charge on any atom is 0.264 e. The zero-order valence-electron chi connectivity index (χ0n) is 25.4. The van der Waals surface area contributed by atoms with Crippen molar-refractivity contribution in [3.63, 3.8) is 0 Å². The molecule has 0 radical (unpaired) electrons. The van der Waals surface area contributed by atoms with E-state index in [1.54, 1.807) is 50.4 Å². The first-order valence-corrected chi connectivity index (χ1v) is 16.7. The predicted octanol–water partition coefficient (Wildman–Crippen LogP) is 5.81. The fourth-order valence-corrected chi connectivity index (χ4v) is 6.95. The van der Waals surface area contributed by atoms with Gasteiger partial charge < -0.3 is 19.7 Å². The average Bonchev–Trinajstić information content (AvgIpc) is 3.53. The maximum atomic E-state index is 14.4. The summed E-state index contributed by atoms with van der Waals surface area (Å²) in [5.74, 6) is 0.194. The highest BCUT2D eigenvalue weighted by Gasteiger charge is 2.35. The molecular formula is C33H40ClN3O6S. The standard InChI is InChI=1S/C33H40ClN3O6S/c1-4-29(33(39)35-26-10-6-7-11-26)36(22-24-14-18-27(42-3)19-15-24)32(38)23-37(30-12-8-9-13-31(30)43-5-2)44(40,41)28-20-16-25(34)17-21-28/h8-9,12-21,26,29H,4-7,10-11,22-23H2,1-3H3,(H,35,39)/t29-/m1/s1. The van der Waals surface area contributed by atoms with Gasteiger partial charge in [-0.25, -0.2) is 8.42 Å². The van der Waals surface area contributed by atoms with Crippen molar-refractivity contribution in [2.75, 3.05) is 24.6 Å². The number of nitrogens with zero attached hydrogens (tertiary/aromatic N) is 2. The average molecular weight is 642 g/mol. The normalized spacial score (nSPS) is 14.1. The Labute approximate surface area is 265 Å². The molecule has 1 aliphatic carbocycles. The van der Waals surface area contributed by atoms with Gasteiger partial charge in [-0.3, -0.25) is 13.9 Å². The van der Waals surface area contributed by atoms with Crippen molar-refractivity contribution in [3.8, 4) is 11.5 Å². The number of methoxy groups -OCH3 is 1. The Morgan fingerprint density at radius 2 is 1.64 bits per heavy atom. The van der Waals surface area contributed by atoms with Gasteiger partial charge in [-0.05, 0) is 80.3 Å². The number of anilines is 1. The lowest BCUT2D eigenvalue weighted by Gasteiger charge is -2.34. The van der Waals surface area contributed by atoms with Gasteiger partial charge >= 0.3 is 0 Å². The summed E-state index contributed by atoms with van der Waals surface area (Å²) < 4.78 is 40.4. The number of ether oxygens (including phenoxy) is 2. The predicted molar refractivity (Wildman–Crippen MR) is 172 cm³/mol. The molecule has 1 N–H and O–H groups in total. The van der Waals surface area contributed by atoms with Gasteiger partial charge in [-0.2, -0.15) is 0 Å². The topological polar surface area (TPSA) is 105 Å². The number of carbonyl (C=O) groups excluding carboxylic acids is 2. The second-order valence-corrected chi connectivity index (χ2v) is 12.9. The summed E-state index contributed by atoms with van der Waals surface area (Å²) in [4.78, 5) is 29.4. The van der Waals surface area contributed by atoms with Crippen LogP contribution < -0.4 is 19.1 Å². The van der Waals surface area contributed by atoms with Gasteiger partial charge in [0.05, 0.1) is 24.3 Å². The monoisotopic (exact) mass is 641 g/mol. The van der Waals surface area contributed by atoms with Gasteiger partial charge in [0, 0.05) is 17.6 Å². The van der Waals surface area contributed by atoms with Gasteiger partial charge in [0.25, 0.3) is 10.0 Å². The van der Waals surface area contributed by atoms with E-state index in [4.69, 9.17) is 21.1 Å². The molecule has 1 atom stereocenters. The van der Waals surface area contributed by atoms with Gasteiger partial charge in [0.15, 0.2) is 0 Å². The second-order valence-electron chi connectivity index (χ2n) is 10.7. The van der Waals surface area contributed by atoms with E-state index in [0.717, 1.165) is 35.6 Å². The summed E-state index contributed by atoms with van der Waals surface area (Å²) in [5, 5.41) is 3.50. The number of nitrogens with one attached hydrogen (secondary N) is 1. The smallest absolute Gasteiger partial charge is 0.264 e. The lowest BCUT2D eigenvalue weighted by atomic mass is 10.1. The number of rotatable bonds is 14. The van der Waals surface area contributed by atoms with Crippen LogP contribution in [-0.2, 0) is 26.2 Å². The third-order valence-electron chi connectivity index (χ3n) is 7.71. The molecule has 1 saturated carbocycles. The molecule has 0 bridgehead atoms. The molecule has 0 aliphatic heterocycles. The highest BCUT2D eigenvalue weighted by molar-refractivity contribution is 7.92. The van der Waals surface area contributed by atoms with Crippen molar-refractivity contribution >= 4 is 39.1 Å². The fourth-order valence-electron chi connectivity index (χ4n) is 5.40. The number of carbonyl (C=O) groups is 2. The van der Waals surface area contributed by atoms with Gasteiger partial charge in [-0.1, -0.05) is 55.6 Å². The molecule has 1 fully saturated rings. The van der Waals surface area contributed by atoms with Crippen LogP contribution in [-0.4, -0.2) is 57.5 Å². The van der Waals surface area contributed by atoms with E-state index in [2.05, 4.69) is 5.32 Å². The molecule has 0 heterocycles. The van der Waals surface area contributed by atoms with Gasteiger partial charge in [0.2, 0.25) is 11.8 Å². The van der Waals surface area contributed by atoms with Crippen molar-refractivity contribution in [3.05, 3.63) is 83.4 Å². The molecule has 3 aromatic carbocycles. The Morgan fingerprint density at radius 1 is 0.977 bits per heavy atom. The van der Waals surface area contributed by atoms with E-state index in [9.17, 15) is 18.0 Å². The van der Waals surface area contributed by atoms with E-state index in [0.29, 0.717) is 29.5 Å². The molecule has 4 rings (SSSR count). The minimum Gasteiger partial charge on any atom is -0.497 e. The third-order valence-corrected chi connectivity index (χ3v) is 9.74. The maximum absolute atomic E-state index is 14.4. The lowest BCUT2D eigenvalue weighted by molar-refractivity contribution is -0.140. The second kappa shape index (κ2) is 15.3. The molecule has 11 heteroatoms. The Kier molecular flexibility index (Phi) is 11.5. The number of sulfonamides is 1. The first kappa shape index (κ1) is 33.1. The Morgan fingerprint density at radius 3 is 2.25 bits per heavy atom. The quantitative estimate of drug-likeness (QED) is 0.238. The number of amides is 2. The van der Waals surface area contributed by atoms with Gasteiger partial charge in [-0.15, -0.1) is 0 Å². The summed E-state index contributed by atoms with van der Waals surface area (Å²) in [6.45, 7) is 3.48. The van der Waals surface area contributed by atoms with E-state index in [1.165, 1.54) is 29.2 Å². The largest absolute Gasteiger partial charge is 0.497 e. The first-order valence-electron chi connectivity index (χ1n) is 14.9. The lowest BCUT2D eigenvalue weighted by Crippen LogP contribution is -2.53. The summed E-state index contributed by atoms with van der Waals surface area (Å²) in [6.07, 6.45) is 4.24. The van der Waals surface area contributed by atoms with E-state index >= 15 is 0 Å². The zero-order valence-corrected chi connectivity index (χ0v) is 26.9. The third kappa shape index (κ3) is 8.04. The molecule has 0 saturated heterocycles. The summed E-state index contributed by atoms with van der Waals surface area (Å²) in [6, 6.07) is 18.9. The Bertz CT molecular complexity index is 1510. The van der Waals surface area contributed by atoms with Crippen LogP contribution >= 0.6 is 11.6 Å². The van der Waals surface area contributed by atoms with Crippen molar-refractivity contribution in [1.29, 1.82) is 0 Å². The van der Waals surface area contributed by atoms with Crippen LogP contribution in [0.1, 0.15) is 51.5 Å². The van der Waals surface area contributed by atoms with E-state index in [1.807, 2.05) is 19.1 Å². The summed E-state index contributed by atoms with van der Waals surface area (Å²) >= 11 is 6.05. The highest BCUT2D eigenvalue weighted by atomic mass is 35.5. The molecule has 0 spiro atoms. The van der Waals surface area contributed by atoms with Crippen molar-refractivity contribution < 1.29 is 27.5 Å². The van der Waals surface area contributed by atoms with Gasteiger partial charge in [0.1, 0.15) is 24.1 Å².